The highest BCUT2D eigenvalue weighted by Crippen LogP contribution is 2.46. The number of hydrogen-bond acceptors (Lipinski definition) is 7. The van der Waals surface area contributed by atoms with Gasteiger partial charge in [0, 0.05) is 32.7 Å². The summed E-state index contributed by atoms with van der Waals surface area (Å²) in [5, 5.41) is 13.0. The average Bonchev–Trinajstić information content (AvgIpc) is 3.74. The highest BCUT2D eigenvalue weighted by Gasteiger charge is 2.39. The van der Waals surface area contributed by atoms with E-state index in [1.807, 2.05) is 91.0 Å². The van der Waals surface area contributed by atoms with Crippen molar-refractivity contribution in [1.82, 2.24) is 39.0 Å². The quantitative estimate of drug-likeness (QED) is 0.171. The van der Waals surface area contributed by atoms with Gasteiger partial charge < -0.3 is 9.13 Å². The van der Waals surface area contributed by atoms with Crippen molar-refractivity contribution in [2.75, 3.05) is 0 Å². The van der Waals surface area contributed by atoms with Crippen LogP contribution in [-0.2, 0) is 6.18 Å². The molecule has 4 aromatic heterocycles. The zero-order valence-corrected chi connectivity index (χ0v) is 32.7. The van der Waals surface area contributed by atoms with Gasteiger partial charge >= 0.3 is 6.18 Å². The Hall–Kier alpha value is -7.78. The second-order valence-electron chi connectivity index (χ2n) is 14.8. The predicted octanol–water partition coefficient (Wildman–Crippen LogP) is 11.4. The summed E-state index contributed by atoms with van der Waals surface area (Å²) in [5.41, 5.74) is 3.92. The number of aryl methyl sites for hydroxylation is 4. The molecular weight excluding hydrogens is 760 g/mol. The highest BCUT2D eigenvalue weighted by molar-refractivity contribution is 6.12. The van der Waals surface area contributed by atoms with E-state index in [-0.39, 0.29) is 11.4 Å². The van der Waals surface area contributed by atoms with Crippen molar-refractivity contribution in [3.05, 3.63) is 156 Å². The molecule has 10 rings (SSSR count). The highest BCUT2D eigenvalue weighted by atomic mass is 19.4. The normalized spacial score (nSPS) is 11.9. The molecule has 60 heavy (non-hydrogen) atoms. The maximum Gasteiger partial charge on any atom is 0.420 e. The van der Waals surface area contributed by atoms with Crippen LogP contribution in [0, 0.1) is 39.0 Å². The van der Waals surface area contributed by atoms with Gasteiger partial charge in [-0.05, 0) is 87.4 Å². The van der Waals surface area contributed by atoms with Gasteiger partial charge in [0.2, 0.25) is 0 Å². The minimum absolute atomic E-state index is 0.0884. The van der Waals surface area contributed by atoms with Crippen molar-refractivity contribution in [2.24, 2.45) is 0 Å². The minimum atomic E-state index is -4.87. The molecule has 0 saturated carbocycles. The first kappa shape index (κ1) is 36.6. The van der Waals surface area contributed by atoms with Gasteiger partial charge in [0.1, 0.15) is 28.9 Å². The molecule has 9 nitrogen and oxygen atoms in total. The maximum absolute atomic E-state index is 16.5. The van der Waals surface area contributed by atoms with Crippen molar-refractivity contribution in [3.63, 3.8) is 0 Å². The summed E-state index contributed by atoms with van der Waals surface area (Å²) < 4.78 is 52.8. The lowest BCUT2D eigenvalue weighted by Crippen LogP contribution is -2.16. The molecular formula is C48H32F3N9. The first-order valence-electron chi connectivity index (χ1n) is 19.2. The molecule has 0 spiro atoms. The van der Waals surface area contributed by atoms with Crippen LogP contribution >= 0.6 is 0 Å². The first-order chi connectivity index (χ1) is 28.9. The smallest absolute Gasteiger partial charge is 0.309 e. The molecule has 0 bridgehead atoms. The number of rotatable bonds is 5. The van der Waals surface area contributed by atoms with E-state index in [2.05, 4.69) is 36.0 Å². The van der Waals surface area contributed by atoms with Crippen LogP contribution < -0.4 is 0 Å². The summed E-state index contributed by atoms with van der Waals surface area (Å²) in [7, 11) is 0. The number of aromatic nitrogens is 8. The third-order valence-electron chi connectivity index (χ3n) is 10.8. The number of nitriles is 1. The molecule has 6 aromatic carbocycles. The second-order valence-corrected chi connectivity index (χ2v) is 14.8. The first-order valence-corrected chi connectivity index (χ1v) is 19.2. The van der Waals surface area contributed by atoms with Crippen LogP contribution in [0.5, 0.6) is 0 Å². The molecule has 4 heterocycles. The zero-order valence-electron chi connectivity index (χ0n) is 32.7. The Kier molecular flexibility index (Phi) is 8.33. The van der Waals surface area contributed by atoms with E-state index in [4.69, 9.17) is 0 Å². The van der Waals surface area contributed by atoms with Gasteiger partial charge in [-0.15, -0.1) is 0 Å². The molecule has 0 saturated heterocycles. The van der Waals surface area contributed by atoms with Gasteiger partial charge in [-0.2, -0.15) is 18.4 Å². The SMILES string of the molecule is Cc1nc(C)nc(-c2ccc3c4ccccc4n(-c4cc(-c5cccc(C#N)c5)cc(-n5c6ccccc6c6ccc(-c7nc(C)nc(C)n7)cc65)c4C(F)(F)F)c3c2)n1. The van der Waals surface area contributed by atoms with Crippen molar-refractivity contribution < 1.29 is 13.2 Å². The molecule has 0 aliphatic rings. The van der Waals surface area contributed by atoms with E-state index in [1.54, 1.807) is 67.2 Å². The monoisotopic (exact) mass is 791 g/mol. The Labute approximate surface area is 341 Å². The number of halogens is 3. The number of nitrogens with zero attached hydrogens (tertiary/aromatic N) is 9. The standard InChI is InChI=1S/C48H32F3N9/c1-26-53-27(2)56-46(55-26)32-16-18-37-35-12-5-7-14-39(35)59(41(37)21-32)43-23-34(31-11-9-10-30(20-31)25-52)24-44(45(43)48(49,50)51)60-40-15-8-6-13-36(40)38-19-17-33(22-42(38)60)47-57-28(3)54-29(4)58-47/h5-24H,1-4H3. The molecule has 0 unspecified atom stereocenters. The van der Waals surface area contributed by atoms with Crippen LogP contribution in [-0.4, -0.2) is 39.0 Å². The van der Waals surface area contributed by atoms with Crippen LogP contribution in [0.25, 0.3) is 88.9 Å². The van der Waals surface area contributed by atoms with E-state index in [0.717, 1.165) is 21.5 Å². The van der Waals surface area contributed by atoms with Gasteiger partial charge in [0.25, 0.3) is 0 Å². The predicted molar refractivity (Wildman–Crippen MR) is 227 cm³/mol. The number of benzene rings is 6. The van der Waals surface area contributed by atoms with E-state index >= 15 is 13.2 Å². The molecule has 0 radical (unpaired) electrons. The van der Waals surface area contributed by atoms with Crippen LogP contribution in [0.3, 0.4) is 0 Å². The second kappa shape index (κ2) is 13.7. The van der Waals surface area contributed by atoms with E-state index < -0.39 is 11.7 Å². The average molecular weight is 792 g/mol. The van der Waals surface area contributed by atoms with Gasteiger partial charge in [-0.25, -0.2) is 29.9 Å². The lowest BCUT2D eigenvalue weighted by atomic mass is 9.98. The molecule has 12 heteroatoms. The van der Waals surface area contributed by atoms with Crippen molar-refractivity contribution in [2.45, 2.75) is 33.9 Å². The largest absolute Gasteiger partial charge is 0.420 e. The summed E-state index contributed by atoms with van der Waals surface area (Å²) in [5.74, 6) is 2.97. The summed E-state index contributed by atoms with van der Waals surface area (Å²) in [6.45, 7) is 7.12. The minimum Gasteiger partial charge on any atom is -0.309 e. The van der Waals surface area contributed by atoms with Gasteiger partial charge in [0.15, 0.2) is 11.6 Å². The molecule has 290 valence electrons. The number of alkyl halides is 3. The van der Waals surface area contributed by atoms with Crippen molar-refractivity contribution in [3.8, 4) is 51.3 Å². The Balaban J connectivity index is 1.37. The fourth-order valence-electron chi connectivity index (χ4n) is 8.42. The Bertz CT molecular complexity index is 3220. The maximum atomic E-state index is 16.5. The molecule has 0 amide bonds. The number of para-hydroxylation sites is 2. The topological polar surface area (TPSA) is 111 Å². The van der Waals surface area contributed by atoms with Gasteiger partial charge in [0.05, 0.1) is 45.1 Å². The zero-order chi connectivity index (χ0) is 41.4. The molecule has 0 atom stereocenters. The summed E-state index contributed by atoms with van der Waals surface area (Å²) in [6.07, 6.45) is -4.87. The third-order valence-corrected chi connectivity index (χ3v) is 10.8. The van der Waals surface area contributed by atoms with Crippen LogP contribution in [0.4, 0.5) is 13.2 Å². The Morgan fingerprint density at radius 2 is 0.900 bits per heavy atom. The molecule has 0 N–H and O–H groups in total. The van der Waals surface area contributed by atoms with E-state index in [0.29, 0.717) is 84.8 Å². The van der Waals surface area contributed by atoms with Crippen LogP contribution in [0.1, 0.15) is 34.4 Å². The fraction of sp³-hybridized carbons (Fsp3) is 0.104. The lowest BCUT2D eigenvalue weighted by molar-refractivity contribution is -0.137. The van der Waals surface area contributed by atoms with E-state index in [1.165, 1.54) is 0 Å². The number of fused-ring (bicyclic) bond motifs is 6. The number of hydrogen-bond donors (Lipinski definition) is 0. The molecule has 0 aliphatic carbocycles. The van der Waals surface area contributed by atoms with Crippen molar-refractivity contribution in [1.29, 1.82) is 5.26 Å². The molecule has 0 fully saturated rings. The molecule has 10 aromatic rings. The van der Waals surface area contributed by atoms with E-state index in [9.17, 15) is 5.26 Å². The molecule has 0 aliphatic heterocycles. The third kappa shape index (κ3) is 6.02. The summed E-state index contributed by atoms with van der Waals surface area (Å²) in [4.78, 5) is 27.0. The Morgan fingerprint density at radius 1 is 0.450 bits per heavy atom. The Morgan fingerprint density at radius 3 is 1.35 bits per heavy atom. The van der Waals surface area contributed by atoms with Crippen LogP contribution in [0.2, 0.25) is 0 Å². The van der Waals surface area contributed by atoms with Gasteiger partial charge in [-0.3, -0.25) is 0 Å². The fourth-order valence-corrected chi connectivity index (χ4v) is 8.42. The summed E-state index contributed by atoms with van der Waals surface area (Å²) >= 11 is 0. The van der Waals surface area contributed by atoms with Crippen molar-refractivity contribution >= 4 is 43.6 Å². The van der Waals surface area contributed by atoms with Gasteiger partial charge in [-0.1, -0.05) is 72.8 Å². The lowest BCUT2D eigenvalue weighted by Gasteiger charge is -2.23. The van der Waals surface area contributed by atoms with Crippen LogP contribution in [0.15, 0.2) is 121 Å². The summed E-state index contributed by atoms with van der Waals surface area (Å²) in [6, 6.07) is 38.4.